The summed E-state index contributed by atoms with van der Waals surface area (Å²) < 4.78 is 0. The maximum absolute atomic E-state index is 11.4. The molecule has 1 rings (SSSR count). The quantitative estimate of drug-likeness (QED) is 0.748. The highest BCUT2D eigenvalue weighted by atomic mass is 35.5. The first-order valence-corrected chi connectivity index (χ1v) is 5.28. The van der Waals surface area contributed by atoms with Gasteiger partial charge in [0, 0.05) is 31.4 Å². The monoisotopic (exact) mass is 235 g/mol. The molecule has 0 radical (unpaired) electrons. The van der Waals surface area contributed by atoms with E-state index in [4.69, 9.17) is 11.6 Å². The van der Waals surface area contributed by atoms with Gasteiger partial charge in [-0.1, -0.05) is 29.8 Å². The van der Waals surface area contributed by atoms with Gasteiger partial charge in [0.25, 0.3) is 0 Å². The molecule has 0 amide bonds. The van der Waals surface area contributed by atoms with Crippen LogP contribution >= 0.6 is 11.6 Å². The highest BCUT2D eigenvalue weighted by molar-refractivity contribution is 6.30. The van der Waals surface area contributed by atoms with E-state index in [1.54, 1.807) is 24.4 Å². The third-order valence-corrected chi connectivity index (χ3v) is 2.10. The Balaban J connectivity index is 2.60. The van der Waals surface area contributed by atoms with E-state index in [0.29, 0.717) is 5.02 Å². The van der Waals surface area contributed by atoms with Crippen molar-refractivity contribution >= 4 is 23.5 Å². The van der Waals surface area contributed by atoms with E-state index >= 15 is 0 Å². The topological polar surface area (TPSA) is 20.3 Å². The molecular formula is C13H14ClNO. The van der Waals surface area contributed by atoms with E-state index in [2.05, 4.69) is 0 Å². The van der Waals surface area contributed by atoms with Gasteiger partial charge in [0.15, 0.2) is 5.78 Å². The number of nitrogens with zero attached hydrogens (tertiary/aromatic N) is 1. The lowest BCUT2D eigenvalue weighted by molar-refractivity contribution is -0.110. The molecule has 0 spiro atoms. The molecule has 0 saturated carbocycles. The van der Waals surface area contributed by atoms with Crippen molar-refractivity contribution in [2.45, 2.75) is 0 Å². The molecule has 0 atom stereocenters. The van der Waals surface area contributed by atoms with Crippen LogP contribution in [0.15, 0.2) is 42.6 Å². The van der Waals surface area contributed by atoms with Gasteiger partial charge >= 0.3 is 0 Å². The number of allylic oxidation sites excluding steroid dienone is 2. The van der Waals surface area contributed by atoms with Gasteiger partial charge in [0.05, 0.1) is 0 Å². The Kier molecular flexibility index (Phi) is 4.80. The number of carbonyl (C=O) groups excluding carboxylic acids is 1. The summed E-state index contributed by atoms with van der Waals surface area (Å²) in [5.74, 6) is -0.0383. The highest BCUT2D eigenvalue weighted by Gasteiger charge is 1.91. The summed E-state index contributed by atoms with van der Waals surface area (Å²) in [6.45, 7) is 0. The molecule has 2 nitrogen and oxygen atoms in total. The third kappa shape index (κ3) is 4.80. The second kappa shape index (κ2) is 6.13. The minimum absolute atomic E-state index is 0.0383. The number of benzene rings is 1. The van der Waals surface area contributed by atoms with Crippen molar-refractivity contribution in [3.63, 3.8) is 0 Å². The van der Waals surface area contributed by atoms with E-state index in [0.717, 1.165) is 5.56 Å². The molecule has 0 unspecified atom stereocenters. The van der Waals surface area contributed by atoms with Crippen LogP contribution in [0, 0.1) is 0 Å². The van der Waals surface area contributed by atoms with Crippen LogP contribution in [0.25, 0.3) is 6.08 Å². The lowest BCUT2D eigenvalue weighted by Crippen LogP contribution is -2.01. The van der Waals surface area contributed by atoms with Crippen molar-refractivity contribution in [3.05, 3.63) is 53.2 Å². The Bertz CT molecular complexity index is 404. The molecule has 1 aromatic carbocycles. The Hall–Kier alpha value is -1.54. The van der Waals surface area contributed by atoms with Gasteiger partial charge in [0.1, 0.15) is 0 Å². The average Bonchev–Trinajstić information content (AvgIpc) is 2.25. The second-order valence-corrected chi connectivity index (χ2v) is 4.00. The van der Waals surface area contributed by atoms with Gasteiger partial charge in [-0.25, -0.2) is 0 Å². The summed E-state index contributed by atoms with van der Waals surface area (Å²) in [6.07, 6.45) is 6.53. The molecule has 0 N–H and O–H groups in total. The van der Waals surface area contributed by atoms with Crippen molar-refractivity contribution < 1.29 is 4.79 Å². The minimum atomic E-state index is -0.0383. The van der Waals surface area contributed by atoms with E-state index in [9.17, 15) is 4.79 Å². The maximum atomic E-state index is 11.4. The van der Waals surface area contributed by atoms with Crippen molar-refractivity contribution in [3.8, 4) is 0 Å². The van der Waals surface area contributed by atoms with Crippen molar-refractivity contribution in [2.24, 2.45) is 0 Å². The van der Waals surface area contributed by atoms with E-state index in [-0.39, 0.29) is 5.78 Å². The van der Waals surface area contributed by atoms with Crippen LogP contribution in [0.1, 0.15) is 5.56 Å². The second-order valence-electron chi connectivity index (χ2n) is 3.57. The van der Waals surface area contributed by atoms with Gasteiger partial charge in [0.2, 0.25) is 0 Å². The Morgan fingerprint density at radius 2 is 1.81 bits per heavy atom. The lowest BCUT2D eigenvalue weighted by Gasteiger charge is -2.01. The van der Waals surface area contributed by atoms with Crippen LogP contribution in [0.5, 0.6) is 0 Å². The smallest absolute Gasteiger partial charge is 0.180 e. The number of halogens is 1. The first-order chi connectivity index (χ1) is 7.58. The van der Waals surface area contributed by atoms with Gasteiger partial charge in [-0.3, -0.25) is 4.79 Å². The predicted molar refractivity (Wildman–Crippen MR) is 68.3 cm³/mol. The maximum Gasteiger partial charge on any atom is 0.180 e. The van der Waals surface area contributed by atoms with Crippen LogP contribution in [0.4, 0.5) is 0 Å². The fraction of sp³-hybridized carbons (Fsp3) is 0.154. The molecule has 1 aromatic rings. The summed E-state index contributed by atoms with van der Waals surface area (Å²) in [4.78, 5) is 13.2. The molecule has 16 heavy (non-hydrogen) atoms. The molecule has 0 saturated heterocycles. The van der Waals surface area contributed by atoms with Crippen LogP contribution < -0.4 is 0 Å². The summed E-state index contributed by atoms with van der Waals surface area (Å²) in [7, 11) is 3.74. The van der Waals surface area contributed by atoms with E-state index < -0.39 is 0 Å². The van der Waals surface area contributed by atoms with Crippen LogP contribution in [0.3, 0.4) is 0 Å². The van der Waals surface area contributed by atoms with Crippen molar-refractivity contribution in [1.29, 1.82) is 0 Å². The van der Waals surface area contributed by atoms with E-state index in [1.165, 1.54) is 12.2 Å². The summed E-state index contributed by atoms with van der Waals surface area (Å²) in [5, 5.41) is 0.691. The fourth-order valence-corrected chi connectivity index (χ4v) is 1.16. The number of carbonyl (C=O) groups is 1. The molecule has 0 aliphatic rings. The summed E-state index contributed by atoms with van der Waals surface area (Å²) in [6, 6.07) is 7.31. The Morgan fingerprint density at radius 3 is 2.38 bits per heavy atom. The van der Waals surface area contributed by atoms with Crippen LogP contribution in [-0.2, 0) is 4.79 Å². The number of ketones is 1. The van der Waals surface area contributed by atoms with Crippen molar-refractivity contribution in [2.75, 3.05) is 14.1 Å². The first-order valence-electron chi connectivity index (χ1n) is 4.90. The molecule has 0 aliphatic carbocycles. The van der Waals surface area contributed by atoms with Gasteiger partial charge < -0.3 is 4.90 Å². The molecule has 3 heteroatoms. The molecule has 0 heterocycles. The third-order valence-electron chi connectivity index (χ3n) is 1.85. The minimum Gasteiger partial charge on any atom is -0.383 e. The summed E-state index contributed by atoms with van der Waals surface area (Å²) in [5.41, 5.74) is 0.955. The number of rotatable bonds is 4. The highest BCUT2D eigenvalue weighted by Crippen LogP contribution is 2.10. The lowest BCUT2D eigenvalue weighted by atomic mass is 10.2. The fourth-order valence-electron chi connectivity index (χ4n) is 1.03. The zero-order chi connectivity index (χ0) is 12.0. The Morgan fingerprint density at radius 1 is 1.19 bits per heavy atom. The molecule has 84 valence electrons. The van der Waals surface area contributed by atoms with Gasteiger partial charge in [-0.15, -0.1) is 0 Å². The normalized spacial score (nSPS) is 11.2. The largest absolute Gasteiger partial charge is 0.383 e. The molecular weight excluding hydrogens is 222 g/mol. The van der Waals surface area contributed by atoms with Crippen molar-refractivity contribution in [1.82, 2.24) is 4.90 Å². The summed E-state index contributed by atoms with van der Waals surface area (Å²) >= 11 is 5.75. The van der Waals surface area contributed by atoms with E-state index in [1.807, 2.05) is 31.1 Å². The Labute approximate surface area is 101 Å². The SMILES string of the molecule is CN(C)/C=C\C(=O)/C=C/c1ccc(Cl)cc1. The van der Waals surface area contributed by atoms with Crippen LogP contribution in [-0.4, -0.2) is 24.8 Å². The zero-order valence-electron chi connectivity index (χ0n) is 9.35. The molecule has 0 aromatic heterocycles. The molecule has 0 aliphatic heterocycles. The van der Waals surface area contributed by atoms with Crippen LogP contribution in [0.2, 0.25) is 5.02 Å². The molecule has 0 fully saturated rings. The standard InChI is InChI=1S/C13H14ClNO/c1-15(2)10-9-13(16)8-5-11-3-6-12(14)7-4-11/h3-10H,1-2H3/b8-5+,10-9-. The number of hydrogen-bond acceptors (Lipinski definition) is 2. The van der Waals surface area contributed by atoms with Gasteiger partial charge in [-0.05, 0) is 23.8 Å². The predicted octanol–water partition coefficient (Wildman–Crippen LogP) is 3.00. The zero-order valence-corrected chi connectivity index (χ0v) is 10.1. The first kappa shape index (κ1) is 12.5. The average molecular weight is 236 g/mol. The number of hydrogen-bond donors (Lipinski definition) is 0. The molecule has 0 bridgehead atoms. The van der Waals surface area contributed by atoms with Gasteiger partial charge in [-0.2, -0.15) is 0 Å².